The molecule has 0 heterocycles. The molecule has 3 heteroatoms. The molecule has 1 aromatic carbocycles. The van der Waals surface area contributed by atoms with Gasteiger partial charge >= 0.3 is 0 Å². The van der Waals surface area contributed by atoms with Crippen molar-refractivity contribution in [1.82, 2.24) is 0 Å². The van der Waals surface area contributed by atoms with Crippen LogP contribution in [-0.4, -0.2) is 17.8 Å². The van der Waals surface area contributed by atoms with E-state index < -0.39 is 5.60 Å². The second-order valence-electron chi connectivity index (χ2n) is 6.55. The Balaban J connectivity index is 2.22. The Morgan fingerprint density at radius 2 is 2.05 bits per heavy atom. The fourth-order valence-corrected chi connectivity index (χ4v) is 3.76. The van der Waals surface area contributed by atoms with E-state index in [0.29, 0.717) is 6.42 Å². The summed E-state index contributed by atoms with van der Waals surface area (Å²) in [5.74, 6) is 0.861. The summed E-state index contributed by atoms with van der Waals surface area (Å²) in [5, 5.41) is 10.9. The van der Waals surface area contributed by atoms with Crippen LogP contribution >= 0.6 is 15.9 Å². The Kier molecular flexibility index (Phi) is 4.26. The molecular formula is C16H23BrO2. The van der Waals surface area contributed by atoms with Crippen LogP contribution in [0.5, 0.6) is 5.75 Å². The molecule has 2 rings (SSSR count). The van der Waals surface area contributed by atoms with E-state index in [4.69, 9.17) is 4.74 Å². The van der Waals surface area contributed by atoms with Crippen LogP contribution in [0, 0.1) is 5.41 Å². The smallest absolute Gasteiger partial charge is 0.122 e. The van der Waals surface area contributed by atoms with E-state index in [0.717, 1.165) is 35.0 Å². The van der Waals surface area contributed by atoms with Crippen LogP contribution in [0.1, 0.15) is 45.1 Å². The zero-order chi connectivity index (χ0) is 14.1. The summed E-state index contributed by atoms with van der Waals surface area (Å²) in [5.41, 5.74) is 0.708. The first-order chi connectivity index (χ1) is 8.84. The Hall–Kier alpha value is -0.540. The normalized spacial score (nSPS) is 26.2. The zero-order valence-electron chi connectivity index (χ0n) is 12.0. The van der Waals surface area contributed by atoms with Gasteiger partial charge < -0.3 is 9.84 Å². The van der Waals surface area contributed by atoms with Crippen molar-refractivity contribution in [1.29, 1.82) is 0 Å². The van der Waals surface area contributed by atoms with Gasteiger partial charge in [0, 0.05) is 10.9 Å². The quantitative estimate of drug-likeness (QED) is 0.895. The van der Waals surface area contributed by atoms with Crippen molar-refractivity contribution in [2.45, 2.75) is 51.6 Å². The highest BCUT2D eigenvalue weighted by atomic mass is 79.9. The van der Waals surface area contributed by atoms with Gasteiger partial charge in [0.15, 0.2) is 0 Å². The summed E-state index contributed by atoms with van der Waals surface area (Å²) in [6.07, 6.45) is 4.70. The first kappa shape index (κ1) is 14.9. The molecule has 1 saturated carbocycles. The molecule has 19 heavy (non-hydrogen) atoms. The Morgan fingerprint density at radius 1 is 1.32 bits per heavy atom. The topological polar surface area (TPSA) is 29.5 Å². The SMILES string of the molecule is COc1ccc(Br)cc1CC1(O)CCCC(C)(C)C1. The first-order valence-corrected chi connectivity index (χ1v) is 7.68. The summed E-state index contributed by atoms with van der Waals surface area (Å²) in [4.78, 5) is 0. The van der Waals surface area contributed by atoms with E-state index in [9.17, 15) is 5.11 Å². The van der Waals surface area contributed by atoms with Crippen LogP contribution in [0.25, 0.3) is 0 Å². The van der Waals surface area contributed by atoms with E-state index in [-0.39, 0.29) is 5.41 Å². The molecule has 0 aromatic heterocycles. The van der Waals surface area contributed by atoms with E-state index in [1.807, 2.05) is 12.1 Å². The van der Waals surface area contributed by atoms with Gasteiger partial charge in [-0.15, -0.1) is 0 Å². The van der Waals surface area contributed by atoms with Crippen molar-refractivity contribution in [3.63, 3.8) is 0 Å². The van der Waals surface area contributed by atoms with Gasteiger partial charge in [-0.2, -0.15) is 0 Å². The molecule has 0 radical (unpaired) electrons. The summed E-state index contributed by atoms with van der Waals surface area (Å²) in [6.45, 7) is 4.49. The molecule has 0 saturated heterocycles. The van der Waals surface area contributed by atoms with Crippen LogP contribution in [0.3, 0.4) is 0 Å². The third-order valence-corrected chi connectivity index (χ3v) is 4.56. The van der Waals surface area contributed by atoms with Gasteiger partial charge in [-0.1, -0.05) is 36.2 Å². The molecule has 0 amide bonds. The number of hydrogen-bond acceptors (Lipinski definition) is 2. The average molecular weight is 327 g/mol. The molecule has 1 fully saturated rings. The van der Waals surface area contributed by atoms with Gasteiger partial charge in [-0.25, -0.2) is 0 Å². The lowest BCUT2D eigenvalue weighted by molar-refractivity contribution is -0.0385. The third kappa shape index (κ3) is 3.73. The van der Waals surface area contributed by atoms with Gasteiger partial charge in [0.1, 0.15) is 5.75 Å². The molecule has 106 valence electrons. The van der Waals surface area contributed by atoms with Crippen LogP contribution in [-0.2, 0) is 6.42 Å². The van der Waals surface area contributed by atoms with E-state index in [2.05, 4.69) is 35.8 Å². The Labute approximate surface area is 124 Å². The minimum Gasteiger partial charge on any atom is -0.496 e. The van der Waals surface area contributed by atoms with Gasteiger partial charge in [0.2, 0.25) is 0 Å². The highest BCUT2D eigenvalue weighted by molar-refractivity contribution is 9.10. The van der Waals surface area contributed by atoms with Crippen LogP contribution in [0.15, 0.2) is 22.7 Å². The zero-order valence-corrected chi connectivity index (χ0v) is 13.6. The number of rotatable bonds is 3. The van der Waals surface area contributed by atoms with Gasteiger partial charge in [-0.05, 0) is 48.4 Å². The highest BCUT2D eigenvalue weighted by Crippen LogP contribution is 2.43. The lowest BCUT2D eigenvalue weighted by Crippen LogP contribution is -2.40. The number of methoxy groups -OCH3 is 1. The number of halogens is 1. The fraction of sp³-hybridized carbons (Fsp3) is 0.625. The number of ether oxygens (including phenoxy) is 1. The van der Waals surface area contributed by atoms with Gasteiger partial charge in [0.25, 0.3) is 0 Å². The standard InChI is InChI=1S/C16H23BrO2/c1-15(2)7-4-8-16(18,11-15)10-12-9-13(17)5-6-14(12)19-3/h5-6,9,18H,4,7-8,10-11H2,1-3H3. The maximum atomic E-state index is 10.9. The minimum absolute atomic E-state index is 0.228. The molecule has 1 aliphatic rings. The highest BCUT2D eigenvalue weighted by Gasteiger charge is 2.38. The van der Waals surface area contributed by atoms with Gasteiger partial charge in [0.05, 0.1) is 12.7 Å². The number of hydrogen-bond donors (Lipinski definition) is 1. The summed E-state index contributed by atoms with van der Waals surface area (Å²) in [6, 6.07) is 5.98. The second-order valence-corrected chi connectivity index (χ2v) is 7.47. The Morgan fingerprint density at radius 3 is 2.68 bits per heavy atom. The molecule has 0 bridgehead atoms. The molecule has 1 N–H and O–H groups in total. The largest absolute Gasteiger partial charge is 0.496 e. The van der Waals surface area contributed by atoms with Crippen molar-refractivity contribution in [2.75, 3.05) is 7.11 Å². The van der Waals surface area contributed by atoms with Crippen LogP contribution < -0.4 is 4.74 Å². The summed E-state index contributed by atoms with van der Waals surface area (Å²) >= 11 is 3.49. The maximum absolute atomic E-state index is 10.9. The molecule has 0 aliphatic heterocycles. The first-order valence-electron chi connectivity index (χ1n) is 6.88. The molecule has 1 atom stereocenters. The van der Waals surface area contributed by atoms with Crippen LogP contribution in [0.2, 0.25) is 0 Å². The van der Waals surface area contributed by atoms with Crippen molar-refractivity contribution < 1.29 is 9.84 Å². The maximum Gasteiger partial charge on any atom is 0.122 e. The van der Waals surface area contributed by atoms with Crippen molar-refractivity contribution in [3.05, 3.63) is 28.2 Å². The molecule has 1 aromatic rings. The number of aliphatic hydroxyl groups is 1. The van der Waals surface area contributed by atoms with Crippen molar-refractivity contribution in [3.8, 4) is 5.75 Å². The Bertz CT molecular complexity index is 456. The monoisotopic (exact) mass is 326 g/mol. The third-order valence-electron chi connectivity index (χ3n) is 4.07. The van der Waals surface area contributed by atoms with Crippen molar-refractivity contribution >= 4 is 15.9 Å². The predicted molar refractivity (Wildman–Crippen MR) is 81.6 cm³/mol. The van der Waals surface area contributed by atoms with Crippen LogP contribution in [0.4, 0.5) is 0 Å². The molecule has 1 aliphatic carbocycles. The molecule has 2 nitrogen and oxygen atoms in total. The predicted octanol–water partition coefficient (Wildman–Crippen LogP) is 4.33. The molecule has 1 unspecified atom stereocenters. The second kappa shape index (κ2) is 5.45. The summed E-state index contributed by atoms with van der Waals surface area (Å²) < 4.78 is 6.44. The van der Waals surface area contributed by atoms with Crippen molar-refractivity contribution in [2.24, 2.45) is 5.41 Å². The fourth-order valence-electron chi connectivity index (χ4n) is 3.35. The van der Waals surface area contributed by atoms with Gasteiger partial charge in [-0.3, -0.25) is 0 Å². The minimum atomic E-state index is -0.601. The summed E-state index contributed by atoms with van der Waals surface area (Å²) in [7, 11) is 1.68. The molecule has 0 spiro atoms. The lowest BCUT2D eigenvalue weighted by Gasteiger charge is -2.41. The lowest BCUT2D eigenvalue weighted by atomic mass is 9.68. The van der Waals surface area contributed by atoms with E-state index >= 15 is 0 Å². The molecular weight excluding hydrogens is 304 g/mol. The average Bonchev–Trinajstić information content (AvgIpc) is 2.26. The van der Waals surface area contributed by atoms with E-state index in [1.54, 1.807) is 7.11 Å². The van der Waals surface area contributed by atoms with E-state index in [1.165, 1.54) is 6.42 Å². The number of benzene rings is 1.